The van der Waals surface area contributed by atoms with Crippen molar-refractivity contribution in [2.24, 2.45) is 0 Å². The molecule has 158 valence electrons. The quantitative estimate of drug-likeness (QED) is 0.501. The summed E-state index contributed by atoms with van der Waals surface area (Å²) in [5, 5.41) is 8.63. The summed E-state index contributed by atoms with van der Waals surface area (Å²) in [6.45, 7) is 6.09. The van der Waals surface area contributed by atoms with Crippen LogP contribution in [0, 0.1) is 13.8 Å². The lowest BCUT2D eigenvalue weighted by molar-refractivity contribution is -0.122. The lowest BCUT2D eigenvalue weighted by Crippen LogP contribution is -2.30. The molecule has 0 spiro atoms. The summed E-state index contributed by atoms with van der Waals surface area (Å²) in [6.07, 6.45) is 1.77. The molecule has 4 aromatic rings. The van der Waals surface area contributed by atoms with Gasteiger partial charge in [-0.15, -0.1) is 0 Å². The molecule has 1 atom stereocenters. The van der Waals surface area contributed by atoms with Crippen molar-refractivity contribution in [3.63, 3.8) is 0 Å². The summed E-state index contributed by atoms with van der Waals surface area (Å²) in [5.74, 6) is 0.673. The molecule has 2 aromatic carbocycles. The molecule has 1 unspecified atom stereocenters. The third-order valence-electron chi connectivity index (χ3n) is 5.46. The molecule has 0 saturated carbocycles. The van der Waals surface area contributed by atoms with Crippen LogP contribution in [0.2, 0.25) is 0 Å². The third kappa shape index (κ3) is 4.28. The van der Waals surface area contributed by atoms with Crippen LogP contribution >= 0.6 is 0 Å². The fourth-order valence-corrected chi connectivity index (χ4v) is 3.76. The number of pyridine rings is 1. The van der Waals surface area contributed by atoms with Gasteiger partial charge >= 0.3 is 0 Å². The molecule has 1 amide bonds. The maximum absolute atomic E-state index is 12.7. The molecule has 1 N–H and O–H groups in total. The van der Waals surface area contributed by atoms with Gasteiger partial charge in [-0.05, 0) is 55.7 Å². The summed E-state index contributed by atoms with van der Waals surface area (Å²) >= 11 is 0. The van der Waals surface area contributed by atoms with E-state index in [2.05, 4.69) is 46.6 Å². The highest BCUT2D eigenvalue weighted by Crippen LogP contribution is 2.30. The number of ether oxygens (including phenoxy) is 1. The monoisotopic (exact) mass is 414 g/mol. The van der Waals surface area contributed by atoms with Crippen molar-refractivity contribution in [2.75, 3.05) is 7.11 Å². The average molecular weight is 415 g/mol. The van der Waals surface area contributed by atoms with Crippen LogP contribution in [0.4, 0.5) is 0 Å². The van der Waals surface area contributed by atoms with Crippen LogP contribution in [0.25, 0.3) is 22.2 Å². The van der Waals surface area contributed by atoms with E-state index in [1.165, 1.54) is 5.56 Å². The summed E-state index contributed by atoms with van der Waals surface area (Å²) in [6, 6.07) is 17.9. The second-order valence-corrected chi connectivity index (χ2v) is 7.73. The molecule has 2 aromatic heterocycles. The number of methoxy groups -OCH3 is 1. The molecule has 6 heteroatoms. The number of carbonyl (C=O) groups is 1. The Morgan fingerprint density at radius 3 is 2.45 bits per heavy atom. The normalized spacial score (nSPS) is 12.0. The van der Waals surface area contributed by atoms with Crippen LogP contribution in [0.1, 0.15) is 29.8 Å². The molecule has 0 aliphatic carbocycles. The van der Waals surface area contributed by atoms with Gasteiger partial charge in [-0.1, -0.05) is 42.0 Å². The van der Waals surface area contributed by atoms with Crippen LogP contribution in [0.5, 0.6) is 5.75 Å². The molecule has 6 nitrogen and oxygen atoms in total. The van der Waals surface area contributed by atoms with Gasteiger partial charge in [-0.2, -0.15) is 5.10 Å². The molecular formula is C25H26N4O2. The van der Waals surface area contributed by atoms with E-state index in [1.54, 1.807) is 18.0 Å². The summed E-state index contributed by atoms with van der Waals surface area (Å²) < 4.78 is 6.87. The Kier molecular flexibility index (Phi) is 5.71. The number of amides is 1. The minimum absolute atomic E-state index is 0.106. The van der Waals surface area contributed by atoms with Gasteiger partial charge in [0.1, 0.15) is 12.3 Å². The van der Waals surface area contributed by atoms with Gasteiger partial charge in [0.15, 0.2) is 5.65 Å². The highest BCUT2D eigenvalue weighted by Gasteiger charge is 2.17. The Morgan fingerprint density at radius 1 is 1.06 bits per heavy atom. The number of carbonyl (C=O) groups excluding carboxylic acids is 1. The smallest absolute Gasteiger partial charge is 0.242 e. The third-order valence-corrected chi connectivity index (χ3v) is 5.46. The number of hydrogen-bond donors (Lipinski definition) is 1. The van der Waals surface area contributed by atoms with E-state index in [0.717, 1.165) is 33.5 Å². The number of aryl methyl sites for hydroxylation is 2. The van der Waals surface area contributed by atoms with Crippen LogP contribution in [-0.4, -0.2) is 27.8 Å². The zero-order chi connectivity index (χ0) is 22.0. The number of fused-ring (bicyclic) bond motifs is 1. The second-order valence-electron chi connectivity index (χ2n) is 7.73. The summed E-state index contributed by atoms with van der Waals surface area (Å²) in [7, 11) is 1.63. The van der Waals surface area contributed by atoms with Gasteiger partial charge in [-0.3, -0.25) is 4.79 Å². The molecule has 0 bridgehead atoms. The largest absolute Gasteiger partial charge is 0.497 e. The highest BCUT2D eigenvalue weighted by molar-refractivity contribution is 5.95. The Bertz CT molecular complexity index is 1210. The van der Waals surface area contributed by atoms with E-state index in [4.69, 9.17) is 4.74 Å². The number of rotatable bonds is 6. The fraction of sp³-hybridized carbons (Fsp3) is 0.240. The zero-order valence-corrected chi connectivity index (χ0v) is 18.2. The van der Waals surface area contributed by atoms with Gasteiger partial charge in [0.2, 0.25) is 5.91 Å². The number of aromatic nitrogens is 3. The predicted molar refractivity (Wildman–Crippen MR) is 122 cm³/mol. The Labute approximate surface area is 181 Å². The van der Waals surface area contributed by atoms with Gasteiger partial charge in [-0.25, -0.2) is 9.67 Å². The zero-order valence-electron chi connectivity index (χ0n) is 18.2. The molecule has 0 radical (unpaired) electrons. The molecule has 0 saturated heterocycles. The Morgan fingerprint density at radius 2 is 1.77 bits per heavy atom. The molecule has 0 aliphatic rings. The van der Waals surface area contributed by atoms with Crippen molar-refractivity contribution >= 4 is 16.9 Å². The SMILES string of the molecule is COc1ccc(C(C)NC(=O)Cn2nc(C)c3c(-c4ccc(C)cc4)ccnc32)cc1. The topological polar surface area (TPSA) is 69.0 Å². The van der Waals surface area contributed by atoms with Crippen molar-refractivity contribution in [1.29, 1.82) is 0 Å². The summed E-state index contributed by atoms with van der Waals surface area (Å²) in [4.78, 5) is 17.3. The molecule has 31 heavy (non-hydrogen) atoms. The van der Waals surface area contributed by atoms with Gasteiger partial charge in [0.05, 0.1) is 18.8 Å². The van der Waals surface area contributed by atoms with Gasteiger partial charge in [0.25, 0.3) is 0 Å². The van der Waals surface area contributed by atoms with Crippen molar-refractivity contribution in [3.8, 4) is 16.9 Å². The molecular weight excluding hydrogens is 388 g/mol. The predicted octanol–water partition coefficient (Wildman–Crippen LogP) is 4.60. The second kappa shape index (κ2) is 8.60. The lowest BCUT2D eigenvalue weighted by Gasteiger charge is -2.15. The number of nitrogens with zero attached hydrogens (tertiary/aromatic N) is 3. The summed E-state index contributed by atoms with van der Waals surface area (Å²) in [5.41, 5.74) is 5.97. The van der Waals surface area contributed by atoms with E-state index in [9.17, 15) is 4.79 Å². The number of benzene rings is 2. The van der Waals surface area contributed by atoms with Crippen molar-refractivity contribution in [3.05, 3.63) is 77.6 Å². The minimum atomic E-state index is -0.127. The van der Waals surface area contributed by atoms with E-state index >= 15 is 0 Å². The number of nitrogens with one attached hydrogen (secondary N) is 1. The van der Waals surface area contributed by atoms with Gasteiger partial charge in [0, 0.05) is 11.6 Å². The fourth-order valence-electron chi connectivity index (χ4n) is 3.76. The molecule has 4 rings (SSSR count). The first-order valence-electron chi connectivity index (χ1n) is 10.3. The van der Waals surface area contributed by atoms with Crippen LogP contribution in [-0.2, 0) is 11.3 Å². The maximum atomic E-state index is 12.7. The first kappa shape index (κ1) is 20.6. The molecule has 0 fully saturated rings. The molecule has 0 aliphatic heterocycles. The van der Waals surface area contributed by atoms with E-state index < -0.39 is 0 Å². The van der Waals surface area contributed by atoms with Crippen LogP contribution in [0.3, 0.4) is 0 Å². The lowest BCUT2D eigenvalue weighted by atomic mass is 10.0. The molecule has 2 heterocycles. The van der Waals surface area contributed by atoms with E-state index in [1.807, 2.05) is 44.2 Å². The van der Waals surface area contributed by atoms with Crippen LogP contribution in [0.15, 0.2) is 60.8 Å². The standard InChI is InChI=1S/C25H26N4O2/c1-16-5-7-20(8-6-16)22-13-14-26-25-24(22)18(3)28-29(25)15-23(30)27-17(2)19-9-11-21(31-4)12-10-19/h5-14,17H,15H2,1-4H3,(H,27,30). The van der Waals surface area contributed by atoms with Gasteiger partial charge < -0.3 is 10.1 Å². The van der Waals surface area contributed by atoms with Crippen molar-refractivity contribution in [1.82, 2.24) is 20.1 Å². The first-order valence-corrected chi connectivity index (χ1v) is 10.3. The first-order chi connectivity index (χ1) is 15.0. The minimum Gasteiger partial charge on any atom is -0.497 e. The van der Waals surface area contributed by atoms with Crippen LogP contribution < -0.4 is 10.1 Å². The van der Waals surface area contributed by atoms with Crippen molar-refractivity contribution < 1.29 is 9.53 Å². The number of hydrogen-bond acceptors (Lipinski definition) is 4. The Balaban J connectivity index is 1.56. The highest BCUT2D eigenvalue weighted by atomic mass is 16.5. The average Bonchev–Trinajstić information content (AvgIpc) is 3.09. The maximum Gasteiger partial charge on any atom is 0.242 e. The van der Waals surface area contributed by atoms with Crippen molar-refractivity contribution in [2.45, 2.75) is 33.4 Å². The van der Waals surface area contributed by atoms with E-state index in [-0.39, 0.29) is 18.5 Å². The Hall–Kier alpha value is -3.67. The van der Waals surface area contributed by atoms with E-state index in [0.29, 0.717) is 5.65 Å².